The summed E-state index contributed by atoms with van der Waals surface area (Å²) < 4.78 is 8.87. The third-order valence-corrected chi connectivity index (χ3v) is 15.1. The Bertz CT molecular complexity index is 2690. The predicted molar refractivity (Wildman–Crippen MR) is 213 cm³/mol. The van der Waals surface area contributed by atoms with E-state index in [1.807, 2.05) is 0 Å². The highest BCUT2D eigenvalue weighted by Gasteiger charge is 2.41. The lowest BCUT2D eigenvalue weighted by Crippen LogP contribution is -2.74. The van der Waals surface area contributed by atoms with E-state index in [1.54, 1.807) is 12.4 Å². The van der Waals surface area contributed by atoms with Crippen molar-refractivity contribution in [3.05, 3.63) is 188 Å². The molecule has 0 N–H and O–H groups in total. The molecule has 10 aromatic rings. The van der Waals surface area contributed by atoms with Gasteiger partial charge < -0.3 is 8.98 Å². The van der Waals surface area contributed by atoms with Gasteiger partial charge in [0, 0.05) is 34.4 Å². The van der Waals surface area contributed by atoms with Crippen molar-refractivity contribution in [2.24, 2.45) is 0 Å². The van der Waals surface area contributed by atoms with Gasteiger partial charge in [-0.3, -0.25) is 0 Å². The summed E-state index contributed by atoms with van der Waals surface area (Å²) in [5.41, 5.74) is 7.51. The summed E-state index contributed by atoms with van der Waals surface area (Å²) >= 11 is 0. The average Bonchev–Trinajstić information content (AvgIpc) is 3.75. The van der Waals surface area contributed by atoms with Gasteiger partial charge >= 0.3 is 0 Å². The molecule has 0 unspecified atom stereocenters. The highest BCUT2D eigenvalue weighted by molar-refractivity contribution is 7.19. The lowest BCUT2D eigenvalue weighted by Gasteiger charge is -2.34. The van der Waals surface area contributed by atoms with Gasteiger partial charge in [0.2, 0.25) is 5.71 Å². The van der Waals surface area contributed by atoms with Gasteiger partial charge in [-0.1, -0.05) is 152 Å². The van der Waals surface area contributed by atoms with Crippen molar-refractivity contribution in [2.45, 2.75) is 0 Å². The second-order valence-electron chi connectivity index (χ2n) is 13.0. The monoisotopic (exact) mass is 669 g/mol. The molecule has 0 bridgehead atoms. The minimum absolute atomic E-state index is 0.536. The molecule has 0 radical (unpaired) electrons. The number of rotatable bonds is 6. The number of fused-ring (bicyclic) bond motifs is 6. The van der Waals surface area contributed by atoms with Crippen molar-refractivity contribution in [3.63, 3.8) is 0 Å². The summed E-state index contributed by atoms with van der Waals surface area (Å²) in [7, 11) is -2.67. The van der Waals surface area contributed by atoms with E-state index in [4.69, 9.17) is 9.40 Å². The molecule has 240 valence electrons. The summed E-state index contributed by atoms with van der Waals surface area (Å²) in [6.45, 7) is 0. The maximum absolute atomic E-state index is 6.52. The molecule has 0 aliphatic rings. The van der Waals surface area contributed by atoms with Crippen molar-refractivity contribution in [2.75, 3.05) is 0 Å². The van der Waals surface area contributed by atoms with E-state index < -0.39 is 8.07 Å². The highest BCUT2D eigenvalue weighted by Crippen LogP contribution is 2.39. The maximum Gasteiger partial charge on any atom is 0.246 e. The topological polar surface area (TPSA) is 43.9 Å². The molecule has 3 heterocycles. The molecule has 0 atom stereocenters. The van der Waals surface area contributed by atoms with Gasteiger partial charge in [0.25, 0.3) is 0 Å². The number of nitrogens with zero attached hydrogens (tertiary/aromatic N) is 3. The van der Waals surface area contributed by atoms with E-state index in [9.17, 15) is 0 Å². The predicted octanol–water partition coefficient (Wildman–Crippen LogP) is 8.52. The van der Waals surface area contributed by atoms with Gasteiger partial charge in [-0.15, -0.1) is 0 Å². The van der Waals surface area contributed by atoms with Crippen LogP contribution in [0.2, 0.25) is 0 Å². The molecule has 0 aliphatic carbocycles. The number of para-hydroxylation sites is 2. The third kappa shape index (κ3) is 4.52. The van der Waals surface area contributed by atoms with Crippen molar-refractivity contribution in [1.29, 1.82) is 0 Å². The zero-order valence-corrected chi connectivity index (χ0v) is 28.6. The maximum atomic E-state index is 6.52. The Hall–Kier alpha value is -6.56. The lowest BCUT2D eigenvalue weighted by molar-refractivity contribution is 0.654. The van der Waals surface area contributed by atoms with Crippen LogP contribution in [0.4, 0.5) is 0 Å². The van der Waals surface area contributed by atoms with Crippen LogP contribution in [0.5, 0.6) is 0 Å². The van der Waals surface area contributed by atoms with E-state index in [1.165, 1.54) is 31.5 Å². The molecule has 5 heteroatoms. The van der Waals surface area contributed by atoms with Gasteiger partial charge in [-0.05, 0) is 50.6 Å². The van der Waals surface area contributed by atoms with Crippen LogP contribution in [0.15, 0.2) is 193 Å². The molecule has 0 saturated heterocycles. The molecule has 4 nitrogen and oxygen atoms in total. The minimum atomic E-state index is -2.67. The van der Waals surface area contributed by atoms with Gasteiger partial charge in [0.05, 0.1) is 16.4 Å². The number of hydrogen-bond donors (Lipinski definition) is 0. The SMILES string of the molecule is c1ccc([Si](c2ccccc2)(c2ccccc2)c2ccc(-c3cc(-n4c5ccccc5c5ccccc54)cc4c3oc3nccnc34)cc2)cc1. The fourth-order valence-electron chi connectivity index (χ4n) is 8.09. The van der Waals surface area contributed by atoms with E-state index in [0.29, 0.717) is 5.71 Å². The van der Waals surface area contributed by atoms with Crippen LogP contribution in [-0.2, 0) is 0 Å². The van der Waals surface area contributed by atoms with Crippen LogP contribution < -0.4 is 20.7 Å². The first kappa shape index (κ1) is 29.4. The Balaban J connectivity index is 1.23. The number of benzene rings is 7. The number of furan rings is 1. The van der Waals surface area contributed by atoms with Gasteiger partial charge in [-0.2, -0.15) is 0 Å². The summed E-state index contributed by atoms with van der Waals surface area (Å²) in [4.78, 5) is 9.30. The number of hydrogen-bond acceptors (Lipinski definition) is 3. The standard InChI is InChI=1S/C46H31N3OSi/c1-4-14-34(15-5-1)51(35-16-6-2-7-17-35,36-18-8-3-9-19-36)37-26-24-32(25-27-37)40-30-33(31-41-44-46(50-45(40)41)48-29-28-47-44)49-42-22-12-10-20-38(42)39-21-11-13-23-43(39)49/h1-31H. The van der Waals surface area contributed by atoms with E-state index >= 15 is 0 Å². The Kier molecular flexibility index (Phi) is 6.79. The van der Waals surface area contributed by atoms with Gasteiger partial charge in [-0.25, -0.2) is 9.97 Å². The van der Waals surface area contributed by atoms with E-state index in [2.05, 4.69) is 185 Å². The molecular formula is C46H31N3OSi. The Morgan fingerprint density at radius 1 is 0.451 bits per heavy atom. The number of aromatic nitrogens is 3. The second-order valence-corrected chi connectivity index (χ2v) is 16.8. The van der Waals surface area contributed by atoms with E-state index in [-0.39, 0.29) is 0 Å². The fraction of sp³-hybridized carbons (Fsp3) is 0. The molecule has 51 heavy (non-hydrogen) atoms. The second kappa shape index (κ2) is 11.8. The molecule has 3 aromatic heterocycles. The summed E-state index contributed by atoms with van der Waals surface area (Å²) in [6, 6.07) is 64.0. The van der Waals surface area contributed by atoms with Crippen LogP contribution in [0, 0.1) is 0 Å². The normalized spacial score (nSPS) is 11.9. The van der Waals surface area contributed by atoms with Gasteiger partial charge in [0.1, 0.15) is 11.1 Å². The molecule has 10 rings (SSSR count). The zero-order valence-electron chi connectivity index (χ0n) is 27.6. The molecule has 0 fully saturated rings. The summed E-state index contributed by atoms with van der Waals surface area (Å²) in [6.07, 6.45) is 3.42. The van der Waals surface area contributed by atoms with Crippen molar-refractivity contribution in [1.82, 2.24) is 14.5 Å². The fourth-order valence-corrected chi connectivity index (χ4v) is 12.8. The summed E-state index contributed by atoms with van der Waals surface area (Å²) in [5.74, 6) is 0. The summed E-state index contributed by atoms with van der Waals surface area (Å²) in [5, 5.41) is 8.75. The van der Waals surface area contributed by atoms with Crippen LogP contribution in [0.1, 0.15) is 0 Å². The Labute approximate surface area is 295 Å². The smallest absolute Gasteiger partial charge is 0.246 e. The molecule has 0 saturated carbocycles. The largest absolute Gasteiger partial charge is 0.436 e. The van der Waals surface area contributed by atoms with Crippen LogP contribution in [0.25, 0.3) is 60.8 Å². The van der Waals surface area contributed by atoms with Crippen LogP contribution in [0.3, 0.4) is 0 Å². The molecule has 0 spiro atoms. The van der Waals surface area contributed by atoms with Crippen molar-refractivity contribution < 1.29 is 4.42 Å². The third-order valence-electron chi connectivity index (χ3n) is 10.3. The molecule has 7 aromatic carbocycles. The minimum Gasteiger partial charge on any atom is -0.436 e. The zero-order chi connectivity index (χ0) is 33.8. The first-order valence-electron chi connectivity index (χ1n) is 17.2. The van der Waals surface area contributed by atoms with Crippen molar-refractivity contribution in [3.8, 4) is 16.8 Å². The Morgan fingerprint density at radius 3 is 1.51 bits per heavy atom. The van der Waals surface area contributed by atoms with Crippen molar-refractivity contribution >= 4 is 72.8 Å². The first-order valence-corrected chi connectivity index (χ1v) is 19.2. The first-order chi connectivity index (χ1) is 25.3. The quantitative estimate of drug-likeness (QED) is 0.132. The average molecular weight is 670 g/mol. The Morgan fingerprint density at radius 2 is 0.941 bits per heavy atom. The van der Waals surface area contributed by atoms with Gasteiger partial charge in [0.15, 0.2) is 8.07 Å². The molecular weight excluding hydrogens is 639 g/mol. The lowest BCUT2D eigenvalue weighted by atomic mass is 10.0. The van der Waals surface area contributed by atoms with Crippen LogP contribution in [-0.4, -0.2) is 22.6 Å². The molecule has 0 amide bonds. The highest BCUT2D eigenvalue weighted by atomic mass is 28.3. The van der Waals surface area contributed by atoms with Crippen LogP contribution >= 0.6 is 0 Å². The van der Waals surface area contributed by atoms with E-state index in [0.717, 1.165) is 44.3 Å². The molecule has 0 aliphatic heterocycles.